The number of rotatable bonds is 9. The van der Waals surface area contributed by atoms with Crippen LogP contribution in [0.1, 0.15) is 5.56 Å². The number of aromatic nitrogens is 4. The Morgan fingerprint density at radius 1 is 1.26 bits per heavy atom. The lowest BCUT2D eigenvalue weighted by atomic mass is 10.1. The molecule has 2 aromatic heterocycles. The largest absolute Gasteiger partial charge is 0.497 e. The van der Waals surface area contributed by atoms with E-state index in [4.69, 9.17) is 4.74 Å². The van der Waals surface area contributed by atoms with Crippen molar-refractivity contribution < 1.29 is 9.53 Å². The average molecular weight is 380 g/mol. The van der Waals surface area contributed by atoms with Gasteiger partial charge < -0.3 is 4.74 Å². The highest BCUT2D eigenvalue weighted by Crippen LogP contribution is 2.24. The lowest BCUT2D eigenvalue weighted by molar-refractivity contribution is -0.116. The molecule has 0 radical (unpaired) electrons. The van der Waals surface area contributed by atoms with Crippen molar-refractivity contribution in [3.05, 3.63) is 67.0 Å². The van der Waals surface area contributed by atoms with Gasteiger partial charge in [-0.2, -0.15) is 0 Å². The third kappa shape index (κ3) is 4.83. The number of methoxy groups -OCH3 is 1. The molecule has 3 rings (SSSR count). The molecule has 0 saturated carbocycles. The van der Waals surface area contributed by atoms with Gasteiger partial charge in [-0.05, 0) is 29.8 Å². The highest BCUT2D eigenvalue weighted by molar-refractivity contribution is 7.99. The van der Waals surface area contributed by atoms with Gasteiger partial charge in [-0.25, -0.2) is 0 Å². The Morgan fingerprint density at radius 2 is 2.07 bits per heavy atom. The molecule has 0 amide bonds. The summed E-state index contributed by atoms with van der Waals surface area (Å²) in [6, 6.07) is 11.3. The van der Waals surface area contributed by atoms with Gasteiger partial charge >= 0.3 is 0 Å². The van der Waals surface area contributed by atoms with Gasteiger partial charge in [-0.1, -0.05) is 30.0 Å². The van der Waals surface area contributed by atoms with Crippen molar-refractivity contribution in [3.63, 3.8) is 0 Å². The number of carbonyl (C=O) groups excluding carboxylic acids is 1. The number of hydrogen-bond acceptors (Lipinski definition) is 6. The molecule has 7 heteroatoms. The first-order valence-corrected chi connectivity index (χ1v) is 9.41. The molecule has 0 spiro atoms. The van der Waals surface area contributed by atoms with E-state index in [2.05, 4.69) is 21.8 Å². The highest BCUT2D eigenvalue weighted by atomic mass is 32.2. The molecule has 0 aliphatic rings. The maximum Gasteiger partial charge on any atom is 0.192 e. The normalized spacial score (nSPS) is 10.6. The van der Waals surface area contributed by atoms with Crippen molar-refractivity contribution in [2.24, 2.45) is 0 Å². The standard InChI is InChI=1S/C20H20N4O2S/c1-3-11-24-19(16-5-4-10-21-13-16)22-23-20(24)27-14-17(25)12-15-6-8-18(26-2)9-7-15/h3-10,13H,1,11-12,14H2,2H3. The summed E-state index contributed by atoms with van der Waals surface area (Å²) >= 11 is 1.38. The van der Waals surface area contributed by atoms with Gasteiger partial charge in [-0.15, -0.1) is 16.8 Å². The fourth-order valence-electron chi connectivity index (χ4n) is 2.56. The summed E-state index contributed by atoms with van der Waals surface area (Å²) in [6.07, 6.45) is 5.62. The first kappa shape index (κ1) is 18.8. The van der Waals surface area contributed by atoms with Gasteiger partial charge in [-0.3, -0.25) is 14.3 Å². The van der Waals surface area contributed by atoms with Gasteiger partial charge in [0.1, 0.15) is 11.5 Å². The van der Waals surface area contributed by atoms with Crippen molar-refractivity contribution in [1.29, 1.82) is 0 Å². The second-order valence-corrected chi connectivity index (χ2v) is 6.74. The van der Waals surface area contributed by atoms with Gasteiger partial charge in [0, 0.05) is 30.9 Å². The number of nitrogens with zero attached hydrogens (tertiary/aromatic N) is 4. The van der Waals surface area contributed by atoms with Crippen LogP contribution in [0.4, 0.5) is 0 Å². The molecule has 0 fully saturated rings. The molecule has 2 heterocycles. The lowest BCUT2D eigenvalue weighted by Gasteiger charge is -2.07. The summed E-state index contributed by atoms with van der Waals surface area (Å²) in [6.45, 7) is 4.36. The highest BCUT2D eigenvalue weighted by Gasteiger charge is 2.15. The number of hydrogen-bond donors (Lipinski definition) is 0. The van der Waals surface area contributed by atoms with Crippen LogP contribution in [0.2, 0.25) is 0 Å². The SMILES string of the molecule is C=CCn1c(SCC(=O)Cc2ccc(OC)cc2)nnc1-c1cccnc1. The maximum absolute atomic E-state index is 12.3. The molecule has 3 aromatic rings. The Bertz CT molecular complexity index is 907. The molecule has 0 aliphatic heterocycles. The predicted molar refractivity (Wildman–Crippen MR) is 106 cm³/mol. The van der Waals surface area contributed by atoms with Crippen LogP contribution >= 0.6 is 11.8 Å². The van der Waals surface area contributed by atoms with Gasteiger partial charge in [0.2, 0.25) is 0 Å². The van der Waals surface area contributed by atoms with E-state index in [1.54, 1.807) is 25.6 Å². The zero-order valence-corrected chi connectivity index (χ0v) is 15.9. The second kappa shape index (κ2) is 9.14. The Labute approximate surface area is 162 Å². The lowest BCUT2D eigenvalue weighted by Crippen LogP contribution is -2.07. The zero-order chi connectivity index (χ0) is 19.1. The van der Waals surface area contributed by atoms with E-state index in [0.29, 0.717) is 29.7 Å². The summed E-state index contributed by atoms with van der Waals surface area (Å²) in [7, 11) is 1.62. The molecular formula is C20H20N4O2S. The minimum absolute atomic E-state index is 0.126. The zero-order valence-electron chi connectivity index (χ0n) is 15.0. The van der Waals surface area contributed by atoms with Gasteiger partial charge in [0.15, 0.2) is 11.0 Å². The van der Waals surface area contributed by atoms with Crippen LogP contribution in [0.5, 0.6) is 5.75 Å². The number of thioether (sulfide) groups is 1. The van der Waals surface area contributed by atoms with Crippen molar-refractivity contribution in [1.82, 2.24) is 19.7 Å². The van der Waals surface area contributed by atoms with E-state index in [9.17, 15) is 4.79 Å². The van der Waals surface area contributed by atoms with Crippen LogP contribution < -0.4 is 4.74 Å². The fourth-order valence-corrected chi connectivity index (χ4v) is 3.37. The number of pyridine rings is 1. The fraction of sp³-hybridized carbons (Fsp3) is 0.200. The number of carbonyl (C=O) groups is 1. The van der Waals surface area contributed by atoms with Crippen LogP contribution in [0, 0.1) is 0 Å². The van der Waals surface area contributed by atoms with E-state index >= 15 is 0 Å². The molecule has 138 valence electrons. The summed E-state index contributed by atoms with van der Waals surface area (Å²) in [5.74, 6) is 1.95. The smallest absolute Gasteiger partial charge is 0.192 e. The number of benzene rings is 1. The minimum Gasteiger partial charge on any atom is -0.497 e. The first-order valence-electron chi connectivity index (χ1n) is 8.43. The third-order valence-corrected chi connectivity index (χ3v) is 4.90. The number of Topliss-reactive ketones (excluding diaryl/α,β-unsaturated/α-hetero) is 1. The van der Waals surface area contributed by atoms with Crippen molar-refractivity contribution in [2.45, 2.75) is 18.1 Å². The molecule has 0 aliphatic carbocycles. The molecule has 0 N–H and O–H groups in total. The minimum atomic E-state index is 0.126. The van der Waals surface area contributed by atoms with Crippen LogP contribution in [0.3, 0.4) is 0 Å². The Morgan fingerprint density at radius 3 is 2.74 bits per heavy atom. The number of ketones is 1. The number of allylic oxidation sites excluding steroid dienone is 1. The van der Waals surface area contributed by atoms with Gasteiger partial charge in [0.05, 0.1) is 12.9 Å². The van der Waals surface area contributed by atoms with Crippen LogP contribution in [0.25, 0.3) is 11.4 Å². The van der Waals surface area contributed by atoms with Crippen molar-refractivity contribution >= 4 is 17.5 Å². The summed E-state index contributed by atoms with van der Waals surface area (Å²) in [5, 5.41) is 9.20. The topological polar surface area (TPSA) is 69.9 Å². The molecule has 6 nitrogen and oxygen atoms in total. The maximum atomic E-state index is 12.3. The molecule has 0 bridgehead atoms. The first-order chi connectivity index (χ1) is 13.2. The molecule has 0 atom stereocenters. The second-order valence-electron chi connectivity index (χ2n) is 5.80. The Hall–Kier alpha value is -2.93. The van der Waals surface area contributed by atoms with Crippen LogP contribution in [0.15, 0.2) is 66.6 Å². The molecule has 0 unspecified atom stereocenters. The van der Waals surface area contributed by atoms with E-state index < -0.39 is 0 Å². The third-order valence-electron chi connectivity index (χ3n) is 3.87. The summed E-state index contributed by atoms with van der Waals surface area (Å²) in [4.78, 5) is 16.5. The van der Waals surface area contributed by atoms with E-state index in [-0.39, 0.29) is 5.78 Å². The summed E-state index contributed by atoms with van der Waals surface area (Å²) in [5.41, 5.74) is 1.84. The van der Waals surface area contributed by atoms with Crippen molar-refractivity contribution in [2.75, 3.05) is 12.9 Å². The van der Waals surface area contributed by atoms with E-state index in [1.807, 2.05) is 41.0 Å². The van der Waals surface area contributed by atoms with Gasteiger partial charge in [0.25, 0.3) is 0 Å². The predicted octanol–water partition coefficient (Wildman–Crippen LogP) is 3.44. The van der Waals surface area contributed by atoms with Crippen LogP contribution in [-0.2, 0) is 17.8 Å². The Balaban J connectivity index is 1.67. The molecule has 1 aromatic carbocycles. The van der Waals surface area contributed by atoms with Crippen molar-refractivity contribution in [3.8, 4) is 17.1 Å². The van der Waals surface area contributed by atoms with E-state index in [1.165, 1.54) is 11.8 Å². The summed E-state index contributed by atoms with van der Waals surface area (Å²) < 4.78 is 7.07. The average Bonchev–Trinajstić information content (AvgIpc) is 3.10. The molecule has 0 saturated heterocycles. The quantitative estimate of drug-likeness (QED) is 0.418. The monoisotopic (exact) mass is 380 g/mol. The van der Waals surface area contributed by atoms with E-state index in [0.717, 1.165) is 16.9 Å². The van der Waals surface area contributed by atoms with Crippen LogP contribution in [-0.4, -0.2) is 38.4 Å². The molecular weight excluding hydrogens is 360 g/mol. The molecule has 27 heavy (non-hydrogen) atoms. The number of ether oxygens (including phenoxy) is 1. The Kier molecular flexibility index (Phi) is 6.38.